The molecule has 3 aromatic rings. The van der Waals surface area contributed by atoms with Crippen LogP contribution in [0, 0.1) is 6.92 Å². The van der Waals surface area contributed by atoms with Gasteiger partial charge in [-0.25, -0.2) is 4.98 Å². The number of hydrogen-bond acceptors (Lipinski definition) is 6. The van der Waals surface area contributed by atoms with Gasteiger partial charge < -0.3 is 19.9 Å². The number of rotatable bonds is 4. The number of ether oxygens (including phenoxy) is 2. The molecule has 1 saturated carbocycles. The maximum atomic E-state index is 12.9. The van der Waals surface area contributed by atoms with Crippen LogP contribution in [0.1, 0.15) is 67.3 Å². The van der Waals surface area contributed by atoms with Crippen LogP contribution in [0.4, 0.5) is 5.69 Å². The van der Waals surface area contributed by atoms with E-state index in [0.717, 1.165) is 42.3 Å². The second-order valence-corrected chi connectivity index (χ2v) is 9.58. The van der Waals surface area contributed by atoms with Crippen LogP contribution in [0.2, 0.25) is 0 Å². The van der Waals surface area contributed by atoms with Crippen LogP contribution in [-0.2, 0) is 15.1 Å². The summed E-state index contributed by atoms with van der Waals surface area (Å²) in [6.07, 6.45) is 5.58. The Hall–Kier alpha value is -2.81. The number of amides is 1. The maximum Gasteiger partial charge on any atom is 0.274 e. The molecule has 2 aromatic heterocycles. The van der Waals surface area contributed by atoms with E-state index in [1.54, 1.807) is 26.0 Å². The topological polar surface area (TPSA) is 98.5 Å². The quantitative estimate of drug-likeness (QED) is 0.622. The second kappa shape index (κ2) is 8.20. The van der Waals surface area contributed by atoms with Crippen molar-refractivity contribution in [3.8, 4) is 0 Å². The first-order valence-corrected chi connectivity index (χ1v) is 11.5. The fraction of sp³-hybridized carbons (Fsp3) is 0.480. The second-order valence-electron chi connectivity index (χ2n) is 9.58. The van der Waals surface area contributed by atoms with Crippen LogP contribution in [0.15, 0.2) is 36.5 Å². The minimum absolute atomic E-state index is 0.260. The minimum Gasteiger partial charge on any atom is -0.386 e. The molecule has 8 heteroatoms. The largest absolute Gasteiger partial charge is 0.386 e. The number of aromatic nitrogens is 3. The summed E-state index contributed by atoms with van der Waals surface area (Å²) in [4.78, 5) is 17.2. The highest BCUT2D eigenvalue weighted by Gasteiger charge is 2.41. The molecule has 1 amide bonds. The molecule has 0 atom stereocenters. The highest BCUT2D eigenvalue weighted by molar-refractivity contribution is 6.04. The van der Waals surface area contributed by atoms with Crippen molar-refractivity contribution in [2.75, 3.05) is 18.5 Å². The zero-order valence-electron chi connectivity index (χ0n) is 19.3. The van der Waals surface area contributed by atoms with Crippen LogP contribution in [-0.4, -0.2) is 44.8 Å². The molecule has 3 heterocycles. The molecule has 0 bridgehead atoms. The predicted octanol–water partition coefficient (Wildman–Crippen LogP) is 4.08. The van der Waals surface area contributed by atoms with E-state index in [4.69, 9.17) is 14.6 Å². The molecule has 1 aliphatic heterocycles. The Labute approximate surface area is 192 Å². The van der Waals surface area contributed by atoms with Gasteiger partial charge in [0, 0.05) is 41.4 Å². The van der Waals surface area contributed by atoms with E-state index < -0.39 is 11.4 Å². The molecule has 5 rings (SSSR count). The summed E-state index contributed by atoms with van der Waals surface area (Å²) in [5.41, 5.74) is 1.89. The third kappa shape index (κ3) is 4.38. The average Bonchev–Trinajstić information content (AvgIpc) is 3.40. The first-order valence-electron chi connectivity index (χ1n) is 11.5. The zero-order valence-corrected chi connectivity index (χ0v) is 19.3. The van der Waals surface area contributed by atoms with Gasteiger partial charge >= 0.3 is 0 Å². The Morgan fingerprint density at radius 1 is 1.21 bits per heavy atom. The molecule has 2 aliphatic rings. The molecule has 33 heavy (non-hydrogen) atoms. The van der Waals surface area contributed by atoms with Gasteiger partial charge in [0.15, 0.2) is 5.79 Å². The smallest absolute Gasteiger partial charge is 0.274 e. The van der Waals surface area contributed by atoms with Crippen molar-refractivity contribution in [3.05, 3.63) is 53.5 Å². The van der Waals surface area contributed by atoms with E-state index in [9.17, 15) is 9.90 Å². The number of aryl methyl sites for hydroxylation is 1. The molecule has 1 aliphatic carbocycles. The fourth-order valence-electron chi connectivity index (χ4n) is 4.84. The van der Waals surface area contributed by atoms with Crippen molar-refractivity contribution in [1.29, 1.82) is 0 Å². The standard InChI is InChI=1S/C25H30N4O4/c1-16-5-4-6-20(26-16)23(30)27-22-13-17-15-29(28-21(17)14-19(22)24(2,3)31)18-7-9-25(10-8-18)32-11-12-33-25/h4-6,13-15,18,31H,7-12H2,1-3H3,(H,27,30). The van der Waals surface area contributed by atoms with Crippen molar-refractivity contribution in [3.63, 3.8) is 0 Å². The van der Waals surface area contributed by atoms with Crippen molar-refractivity contribution in [2.45, 2.75) is 63.9 Å². The van der Waals surface area contributed by atoms with E-state index in [-0.39, 0.29) is 11.9 Å². The van der Waals surface area contributed by atoms with Gasteiger partial charge in [-0.2, -0.15) is 5.10 Å². The number of carbonyl (C=O) groups excluding carboxylic acids is 1. The lowest BCUT2D eigenvalue weighted by atomic mass is 9.90. The number of anilines is 1. The molecule has 1 spiro atoms. The van der Waals surface area contributed by atoms with E-state index in [2.05, 4.69) is 10.3 Å². The molecular weight excluding hydrogens is 420 g/mol. The van der Waals surface area contributed by atoms with E-state index in [0.29, 0.717) is 30.2 Å². The Balaban J connectivity index is 1.43. The SMILES string of the molecule is Cc1cccc(C(=O)Nc2cc3cn(C4CCC5(CC4)OCCO5)nc3cc2C(C)(C)O)n1. The summed E-state index contributed by atoms with van der Waals surface area (Å²) in [5.74, 6) is -0.719. The molecule has 2 N–H and O–H groups in total. The molecule has 8 nitrogen and oxygen atoms in total. The highest BCUT2D eigenvalue weighted by Crippen LogP contribution is 2.41. The number of nitrogens with zero attached hydrogens (tertiary/aromatic N) is 3. The number of benzene rings is 1. The normalized spacial score (nSPS) is 18.8. The van der Waals surface area contributed by atoms with Crippen LogP contribution < -0.4 is 5.32 Å². The summed E-state index contributed by atoms with van der Waals surface area (Å²) in [6.45, 7) is 6.59. The first kappa shape index (κ1) is 22.0. The van der Waals surface area contributed by atoms with E-state index >= 15 is 0 Å². The fourth-order valence-corrected chi connectivity index (χ4v) is 4.84. The van der Waals surface area contributed by atoms with Gasteiger partial charge in [0.1, 0.15) is 5.69 Å². The summed E-state index contributed by atoms with van der Waals surface area (Å²) in [6, 6.07) is 9.33. The molecule has 2 fully saturated rings. The van der Waals surface area contributed by atoms with Gasteiger partial charge in [-0.05, 0) is 57.9 Å². The van der Waals surface area contributed by atoms with Gasteiger partial charge in [0.25, 0.3) is 5.91 Å². The molecule has 174 valence electrons. The molecule has 0 unspecified atom stereocenters. The minimum atomic E-state index is -1.16. The monoisotopic (exact) mass is 450 g/mol. The van der Waals surface area contributed by atoms with Crippen molar-refractivity contribution < 1.29 is 19.4 Å². The predicted molar refractivity (Wildman–Crippen MR) is 124 cm³/mol. The van der Waals surface area contributed by atoms with E-state index in [1.807, 2.05) is 36.0 Å². The molecule has 0 radical (unpaired) electrons. The van der Waals surface area contributed by atoms with Crippen LogP contribution >= 0.6 is 0 Å². The van der Waals surface area contributed by atoms with Gasteiger partial charge in [0.05, 0.1) is 30.4 Å². The van der Waals surface area contributed by atoms with Crippen molar-refractivity contribution >= 4 is 22.5 Å². The number of carbonyl (C=O) groups is 1. The Kier molecular flexibility index (Phi) is 5.47. The van der Waals surface area contributed by atoms with Crippen molar-refractivity contribution in [2.24, 2.45) is 0 Å². The van der Waals surface area contributed by atoms with Gasteiger partial charge in [-0.15, -0.1) is 0 Å². The third-order valence-corrected chi connectivity index (χ3v) is 6.59. The Morgan fingerprint density at radius 2 is 1.94 bits per heavy atom. The molecular formula is C25H30N4O4. The van der Waals surface area contributed by atoms with Crippen molar-refractivity contribution in [1.82, 2.24) is 14.8 Å². The number of nitrogens with one attached hydrogen (secondary N) is 1. The lowest BCUT2D eigenvalue weighted by Gasteiger charge is -2.35. The lowest BCUT2D eigenvalue weighted by Crippen LogP contribution is -2.35. The molecule has 1 aromatic carbocycles. The summed E-state index contributed by atoms with van der Waals surface area (Å²) in [7, 11) is 0. The zero-order chi connectivity index (χ0) is 23.2. The number of fused-ring (bicyclic) bond motifs is 1. The Bertz CT molecular complexity index is 1180. The first-order chi connectivity index (χ1) is 15.7. The highest BCUT2D eigenvalue weighted by atomic mass is 16.7. The van der Waals surface area contributed by atoms with Crippen LogP contribution in [0.5, 0.6) is 0 Å². The average molecular weight is 451 g/mol. The van der Waals surface area contributed by atoms with Gasteiger partial charge in [-0.1, -0.05) is 6.07 Å². The number of pyridine rings is 1. The van der Waals surface area contributed by atoms with Gasteiger partial charge in [0.2, 0.25) is 0 Å². The number of hydrogen-bond donors (Lipinski definition) is 2. The summed E-state index contributed by atoms with van der Waals surface area (Å²) < 4.78 is 13.7. The summed E-state index contributed by atoms with van der Waals surface area (Å²) in [5, 5.41) is 19.5. The molecule has 1 saturated heterocycles. The van der Waals surface area contributed by atoms with Gasteiger partial charge in [-0.3, -0.25) is 9.48 Å². The maximum absolute atomic E-state index is 12.9. The third-order valence-electron chi connectivity index (χ3n) is 6.59. The van der Waals surface area contributed by atoms with Crippen LogP contribution in [0.3, 0.4) is 0 Å². The Morgan fingerprint density at radius 3 is 2.61 bits per heavy atom. The van der Waals surface area contributed by atoms with Crippen LogP contribution in [0.25, 0.3) is 10.9 Å². The lowest BCUT2D eigenvalue weighted by molar-refractivity contribution is -0.181. The number of aliphatic hydroxyl groups is 1. The van der Waals surface area contributed by atoms with E-state index in [1.165, 1.54) is 0 Å². The summed E-state index contributed by atoms with van der Waals surface area (Å²) >= 11 is 0.